The van der Waals surface area contributed by atoms with Gasteiger partial charge in [-0.05, 0) is 99.9 Å². The highest BCUT2D eigenvalue weighted by Crippen LogP contribution is 2.28. The van der Waals surface area contributed by atoms with Crippen molar-refractivity contribution in [1.29, 1.82) is 5.41 Å². The Bertz CT molecular complexity index is 1910. The fraction of sp³-hybridized carbons (Fsp3) is 0.455. The first kappa shape index (κ1) is 47.2. The molecule has 6 rings (SSSR count). The molecule has 2 heterocycles. The summed E-state index contributed by atoms with van der Waals surface area (Å²) in [6.45, 7) is 13.9. The van der Waals surface area contributed by atoms with Crippen LogP contribution < -0.4 is 5.73 Å². The predicted octanol–water partition coefficient (Wildman–Crippen LogP) is 11.9. The lowest BCUT2D eigenvalue weighted by molar-refractivity contribution is 0.0192. The Kier molecular flexibility index (Phi) is 18.6. The molecule has 56 heavy (non-hydrogen) atoms. The summed E-state index contributed by atoms with van der Waals surface area (Å²) < 4.78 is 10.7. The van der Waals surface area contributed by atoms with E-state index in [0.717, 1.165) is 41.8 Å². The van der Waals surface area contributed by atoms with E-state index in [1.165, 1.54) is 32.7 Å². The van der Waals surface area contributed by atoms with Crippen molar-refractivity contribution in [3.8, 4) is 0 Å². The number of amides is 2. The zero-order valence-electron chi connectivity index (χ0n) is 33.5. The van der Waals surface area contributed by atoms with Gasteiger partial charge in [0.15, 0.2) is 0 Å². The average Bonchev–Trinajstić information content (AvgIpc) is 3.16. The van der Waals surface area contributed by atoms with E-state index in [0.29, 0.717) is 31.2 Å². The molecule has 2 aliphatic heterocycles. The summed E-state index contributed by atoms with van der Waals surface area (Å²) >= 11 is 10.0. The number of halogens is 2. The van der Waals surface area contributed by atoms with E-state index in [1.807, 2.05) is 41.5 Å². The number of thiocarbonyl (C=S) groups is 1. The average molecular weight is 931 g/mol. The van der Waals surface area contributed by atoms with Crippen LogP contribution in [0.15, 0.2) is 84.9 Å². The Morgan fingerprint density at radius 2 is 1.11 bits per heavy atom. The minimum Gasteiger partial charge on any atom is -0.444 e. The Balaban J connectivity index is 0.000000246. The third-order valence-electron chi connectivity index (χ3n) is 9.24. The van der Waals surface area contributed by atoms with Crippen LogP contribution >= 0.6 is 56.9 Å². The lowest BCUT2D eigenvalue weighted by atomic mass is 9.97. The zero-order valence-corrected chi connectivity index (χ0v) is 38.4. The standard InChI is InChI=1S/C22H28N2O2S.C11H9Br.C11H20N2O2S.BrH/c1-22(2,3)26-21(25)24-12-10-18(11-13-24)20(23)27-15-16-8-9-17-6-4-5-7-19(17)14-16;12-8-9-5-6-10-3-1-2-4-11(10)7-9;1-11(2,3)15-10(14)13-6-4-8(5-7-13)9(12)16;/h4-9,14,18,23H,10-13,15H2,1-3H3;1-7H,8H2;8H,4-7H2,1-3H3,(H2,12,16);1H. The molecule has 0 atom stereocenters. The highest BCUT2D eigenvalue weighted by atomic mass is 79.9. The van der Waals surface area contributed by atoms with Crippen molar-refractivity contribution in [2.24, 2.45) is 17.6 Å². The van der Waals surface area contributed by atoms with Crippen molar-refractivity contribution in [1.82, 2.24) is 9.80 Å². The number of nitrogens with one attached hydrogen (secondary N) is 1. The number of carbonyl (C=O) groups is 2. The van der Waals surface area contributed by atoms with Gasteiger partial charge in [0.2, 0.25) is 0 Å². The predicted molar refractivity (Wildman–Crippen MR) is 248 cm³/mol. The number of alkyl halides is 1. The van der Waals surface area contributed by atoms with Gasteiger partial charge in [-0.1, -0.05) is 113 Å². The molecule has 0 spiro atoms. The van der Waals surface area contributed by atoms with Crippen LogP contribution in [-0.2, 0) is 20.6 Å². The number of hydrogen-bond donors (Lipinski definition) is 2. The maximum Gasteiger partial charge on any atom is 0.410 e. The highest BCUT2D eigenvalue weighted by Gasteiger charge is 2.29. The van der Waals surface area contributed by atoms with Crippen LogP contribution in [0.1, 0.15) is 78.4 Å². The van der Waals surface area contributed by atoms with Crippen molar-refractivity contribution in [2.45, 2.75) is 89.5 Å². The topological polar surface area (TPSA) is 109 Å². The molecular weight excluding hydrogens is 872 g/mol. The van der Waals surface area contributed by atoms with Crippen LogP contribution in [0.4, 0.5) is 9.59 Å². The number of carbonyl (C=O) groups excluding carboxylic acids is 2. The number of benzene rings is 4. The van der Waals surface area contributed by atoms with Crippen molar-refractivity contribution in [2.75, 3.05) is 26.2 Å². The molecule has 2 amide bonds. The third-order valence-corrected chi connectivity index (χ3v) is 11.3. The summed E-state index contributed by atoms with van der Waals surface area (Å²) in [5.41, 5.74) is 7.26. The molecule has 3 N–H and O–H groups in total. The number of fused-ring (bicyclic) bond motifs is 2. The molecule has 8 nitrogen and oxygen atoms in total. The first-order chi connectivity index (χ1) is 26.0. The molecule has 0 unspecified atom stereocenters. The Labute approximate surface area is 362 Å². The quantitative estimate of drug-likeness (QED) is 0.0888. The van der Waals surface area contributed by atoms with Crippen LogP contribution in [0.25, 0.3) is 21.5 Å². The minimum atomic E-state index is -0.462. The van der Waals surface area contributed by atoms with Gasteiger partial charge in [-0.25, -0.2) is 9.59 Å². The van der Waals surface area contributed by atoms with E-state index in [4.69, 9.17) is 32.8 Å². The van der Waals surface area contributed by atoms with Gasteiger partial charge in [0, 0.05) is 49.1 Å². The highest BCUT2D eigenvalue weighted by molar-refractivity contribution is 9.08. The molecule has 2 aliphatic rings. The van der Waals surface area contributed by atoms with Gasteiger partial charge in [-0.3, -0.25) is 5.41 Å². The minimum absolute atomic E-state index is 0. The Hall–Kier alpha value is -3.19. The summed E-state index contributed by atoms with van der Waals surface area (Å²) in [6.07, 6.45) is 2.87. The number of hydrogen-bond acceptors (Lipinski definition) is 7. The molecule has 0 saturated carbocycles. The van der Waals surface area contributed by atoms with E-state index in [9.17, 15) is 9.59 Å². The summed E-state index contributed by atoms with van der Waals surface area (Å²) in [6, 6.07) is 29.8. The monoisotopic (exact) mass is 928 g/mol. The number of ether oxygens (including phenoxy) is 2. The summed E-state index contributed by atoms with van der Waals surface area (Å²) in [5.74, 6) is 1.33. The van der Waals surface area contributed by atoms with Crippen LogP contribution in [0.2, 0.25) is 0 Å². The van der Waals surface area contributed by atoms with E-state index >= 15 is 0 Å². The van der Waals surface area contributed by atoms with Crippen molar-refractivity contribution < 1.29 is 19.1 Å². The molecule has 0 aliphatic carbocycles. The fourth-order valence-corrected chi connectivity index (χ4v) is 7.81. The molecule has 4 aromatic rings. The number of thioether (sulfide) groups is 1. The smallest absolute Gasteiger partial charge is 0.410 e. The molecule has 12 heteroatoms. The van der Waals surface area contributed by atoms with Crippen molar-refractivity contribution >= 4 is 101 Å². The van der Waals surface area contributed by atoms with Gasteiger partial charge in [0.05, 0.1) is 10.0 Å². The van der Waals surface area contributed by atoms with E-state index < -0.39 is 11.2 Å². The lowest BCUT2D eigenvalue weighted by Crippen LogP contribution is -2.43. The van der Waals surface area contributed by atoms with Crippen molar-refractivity contribution in [3.63, 3.8) is 0 Å². The number of nitrogens with two attached hydrogens (primary N) is 1. The van der Waals surface area contributed by atoms with Crippen LogP contribution in [0, 0.1) is 17.2 Å². The Morgan fingerprint density at radius 1 is 0.714 bits per heavy atom. The molecular formula is C44H58Br2N4O4S2. The summed E-state index contributed by atoms with van der Waals surface area (Å²) in [7, 11) is 0. The first-order valence-electron chi connectivity index (χ1n) is 19.0. The first-order valence-corrected chi connectivity index (χ1v) is 21.5. The molecule has 0 radical (unpaired) electrons. The van der Waals surface area contributed by atoms with E-state index in [-0.39, 0.29) is 41.0 Å². The summed E-state index contributed by atoms with van der Waals surface area (Å²) in [5, 5.41) is 15.2. The SMILES string of the molecule is Br.BrCc1ccc2ccccc2c1.CC(C)(C)OC(=O)N1CCC(C(=N)SCc2ccc3ccccc3c2)CC1.CC(C)(C)OC(=O)N1CCC(C(N)=S)CC1. The van der Waals surface area contributed by atoms with Crippen LogP contribution in [0.5, 0.6) is 0 Å². The number of likely N-dealkylation sites (tertiary alicyclic amines) is 2. The van der Waals surface area contributed by atoms with Gasteiger partial charge >= 0.3 is 12.2 Å². The maximum atomic E-state index is 12.2. The molecule has 2 fully saturated rings. The van der Waals surface area contributed by atoms with Gasteiger partial charge in [0.25, 0.3) is 0 Å². The van der Waals surface area contributed by atoms with Crippen LogP contribution in [-0.4, -0.2) is 69.4 Å². The maximum absolute atomic E-state index is 12.2. The summed E-state index contributed by atoms with van der Waals surface area (Å²) in [4.78, 5) is 27.9. The van der Waals surface area contributed by atoms with Gasteiger partial charge in [0.1, 0.15) is 11.2 Å². The van der Waals surface area contributed by atoms with Crippen LogP contribution in [0.3, 0.4) is 0 Å². The number of nitrogens with zero attached hydrogens (tertiary/aromatic N) is 2. The molecule has 0 bridgehead atoms. The molecule has 0 aromatic heterocycles. The number of piperidine rings is 2. The second-order valence-corrected chi connectivity index (χ2v) is 18.1. The van der Waals surface area contributed by atoms with Gasteiger partial charge in [-0.2, -0.15) is 0 Å². The van der Waals surface area contributed by atoms with Gasteiger partial charge in [-0.15, -0.1) is 28.7 Å². The molecule has 304 valence electrons. The fourth-order valence-electron chi connectivity index (χ4n) is 6.25. The van der Waals surface area contributed by atoms with E-state index in [2.05, 4.69) is 101 Å². The second-order valence-electron chi connectivity index (χ2n) is 16.0. The Morgan fingerprint density at radius 3 is 1.52 bits per heavy atom. The molecule has 4 aromatic carbocycles. The zero-order chi connectivity index (χ0) is 40.2. The normalized spacial score (nSPS) is 15.1. The largest absolute Gasteiger partial charge is 0.444 e. The number of rotatable bonds is 5. The van der Waals surface area contributed by atoms with E-state index in [1.54, 1.807) is 21.6 Å². The van der Waals surface area contributed by atoms with Crippen molar-refractivity contribution in [3.05, 3.63) is 96.1 Å². The lowest BCUT2D eigenvalue weighted by Gasteiger charge is -2.33. The third kappa shape index (κ3) is 15.6. The second kappa shape index (κ2) is 22.1. The van der Waals surface area contributed by atoms with Gasteiger partial charge < -0.3 is 25.0 Å². The molecule has 2 saturated heterocycles.